The van der Waals surface area contributed by atoms with E-state index in [1.807, 2.05) is 11.3 Å². The topological polar surface area (TPSA) is 13.1 Å². The molecular weight excluding hydrogens is 721 g/mol. The molecule has 12 rings (SSSR count). The highest BCUT2D eigenvalue weighted by Crippen LogP contribution is 2.56. The highest BCUT2D eigenvalue weighted by molar-refractivity contribution is 7.21. The van der Waals surface area contributed by atoms with Gasteiger partial charge in [-0.05, 0) is 136 Å². The maximum atomic E-state index is 7.06. The zero-order chi connectivity index (χ0) is 39.8. The van der Waals surface area contributed by atoms with Crippen LogP contribution in [-0.2, 0) is 0 Å². The molecule has 8 aromatic rings. The molecule has 0 fully saturated rings. The van der Waals surface area contributed by atoms with Crippen molar-refractivity contribution in [2.45, 2.75) is 105 Å². The van der Waals surface area contributed by atoms with Crippen molar-refractivity contribution in [3.8, 4) is 22.3 Å². The third kappa shape index (κ3) is 4.22. The molecule has 2 atom stereocenters. The fraction of sp³-hybridized carbons (Fsp3) is 0.286. The summed E-state index contributed by atoms with van der Waals surface area (Å²) in [5.74, 6) is 3.19. The summed E-state index contributed by atoms with van der Waals surface area (Å²) in [6, 6.07) is 33.3. The molecule has 0 amide bonds. The molecule has 0 spiro atoms. The largest absolute Gasteiger partial charge is 0.455 e. The van der Waals surface area contributed by atoms with Crippen LogP contribution in [0.4, 0.5) is 0 Å². The Hall–Kier alpha value is -5.18. The molecule has 2 heteroatoms. The smallest absolute Gasteiger partial charge is 0.144 e. The van der Waals surface area contributed by atoms with E-state index in [0.29, 0.717) is 23.7 Å². The average Bonchev–Trinajstić information content (AvgIpc) is 3.94. The maximum Gasteiger partial charge on any atom is 0.144 e. The van der Waals surface area contributed by atoms with Crippen molar-refractivity contribution in [1.29, 1.82) is 0 Å². The number of hydrogen-bond donors (Lipinski definition) is 0. The Morgan fingerprint density at radius 1 is 0.500 bits per heavy atom. The molecule has 58 heavy (non-hydrogen) atoms. The molecule has 0 saturated heterocycles. The molecule has 1 nitrogen and oxygen atoms in total. The lowest BCUT2D eigenvalue weighted by molar-refractivity contribution is 0.601. The average molecular weight is 771 g/mol. The van der Waals surface area contributed by atoms with Crippen molar-refractivity contribution in [1.82, 2.24) is 0 Å². The van der Waals surface area contributed by atoms with E-state index in [0.717, 1.165) is 11.3 Å². The second kappa shape index (κ2) is 11.7. The maximum absolute atomic E-state index is 7.06. The van der Waals surface area contributed by atoms with Crippen LogP contribution >= 0.6 is 11.3 Å². The Kier molecular flexibility index (Phi) is 7.04. The Morgan fingerprint density at radius 2 is 1.02 bits per heavy atom. The summed E-state index contributed by atoms with van der Waals surface area (Å²) in [7, 11) is 0. The fourth-order valence-corrected chi connectivity index (χ4v) is 13.0. The van der Waals surface area contributed by atoms with Gasteiger partial charge in [-0.25, -0.2) is 0 Å². The molecular formula is C56H50OS. The second-order valence-electron chi connectivity index (χ2n) is 19.1. The predicted octanol–water partition coefficient (Wildman–Crippen LogP) is 14.7. The first-order chi connectivity index (χ1) is 27.9. The van der Waals surface area contributed by atoms with Gasteiger partial charge in [0.05, 0.1) is 0 Å². The van der Waals surface area contributed by atoms with E-state index in [4.69, 9.17) is 4.42 Å². The van der Waals surface area contributed by atoms with Crippen molar-refractivity contribution < 1.29 is 4.42 Å². The lowest BCUT2D eigenvalue weighted by atomic mass is 9.71. The predicted molar refractivity (Wildman–Crippen MR) is 247 cm³/mol. The minimum absolute atomic E-state index is 0.211. The number of furan rings is 1. The first kappa shape index (κ1) is 34.8. The number of hydrogen-bond acceptors (Lipinski definition) is 2. The third-order valence-corrected chi connectivity index (χ3v) is 15.7. The molecule has 4 aliphatic rings. The van der Waals surface area contributed by atoms with Crippen LogP contribution in [0, 0.1) is 0 Å². The molecule has 0 bridgehead atoms. The van der Waals surface area contributed by atoms with E-state index in [2.05, 4.69) is 154 Å². The Morgan fingerprint density at radius 3 is 1.60 bits per heavy atom. The molecule has 6 aromatic carbocycles. The summed E-state index contributed by atoms with van der Waals surface area (Å²) >= 11 is 2.00. The van der Waals surface area contributed by atoms with Crippen LogP contribution in [0.25, 0.3) is 65.2 Å². The van der Waals surface area contributed by atoms with E-state index in [9.17, 15) is 0 Å². The van der Waals surface area contributed by atoms with Crippen molar-refractivity contribution >= 4 is 54.3 Å². The lowest BCUT2D eigenvalue weighted by Gasteiger charge is -2.32. The summed E-state index contributed by atoms with van der Waals surface area (Å²) in [5, 5.41) is 8.33. The normalized spacial score (nSPS) is 17.0. The van der Waals surface area contributed by atoms with Crippen LogP contribution < -0.4 is 10.4 Å². The van der Waals surface area contributed by atoms with Gasteiger partial charge in [0.1, 0.15) is 11.3 Å². The summed E-state index contributed by atoms with van der Waals surface area (Å²) in [6.45, 7) is 24.0. The zero-order valence-electron chi connectivity index (χ0n) is 35.4. The number of thiophene rings is 1. The lowest BCUT2D eigenvalue weighted by Crippen LogP contribution is -2.27. The van der Waals surface area contributed by atoms with Gasteiger partial charge >= 0.3 is 0 Å². The molecule has 2 heterocycles. The summed E-state index contributed by atoms with van der Waals surface area (Å²) < 4.78 is 8.44. The fourth-order valence-electron chi connectivity index (χ4n) is 11.7. The van der Waals surface area contributed by atoms with Gasteiger partial charge in [-0.15, -0.1) is 11.3 Å². The van der Waals surface area contributed by atoms with Crippen molar-refractivity contribution in [2.24, 2.45) is 0 Å². The minimum Gasteiger partial charge on any atom is -0.455 e. The summed E-state index contributed by atoms with van der Waals surface area (Å²) in [5.41, 5.74) is 23.9. The Balaban J connectivity index is 1.32. The van der Waals surface area contributed by atoms with Gasteiger partial charge in [-0.3, -0.25) is 0 Å². The van der Waals surface area contributed by atoms with Gasteiger partial charge in [0.15, 0.2) is 0 Å². The van der Waals surface area contributed by atoms with Crippen molar-refractivity contribution in [3.63, 3.8) is 0 Å². The van der Waals surface area contributed by atoms with Crippen LogP contribution in [0.3, 0.4) is 0 Å². The quantitative estimate of drug-likeness (QED) is 0.174. The molecule has 286 valence electrons. The number of para-hydroxylation sites is 1. The van der Waals surface area contributed by atoms with Gasteiger partial charge in [-0.2, -0.15) is 0 Å². The number of benzene rings is 6. The van der Waals surface area contributed by atoms with Gasteiger partial charge in [0, 0.05) is 54.5 Å². The van der Waals surface area contributed by atoms with E-state index >= 15 is 0 Å². The second-order valence-corrected chi connectivity index (χ2v) is 20.1. The monoisotopic (exact) mass is 770 g/mol. The highest BCUT2D eigenvalue weighted by Gasteiger charge is 2.42. The highest BCUT2D eigenvalue weighted by atomic mass is 32.1. The van der Waals surface area contributed by atoms with Gasteiger partial charge in [0.25, 0.3) is 0 Å². The number of fused-ring (bicyclic) bond motifs is 17. The molecule has 2 unspecified atom stereocenters. The van der Waals surface area contributed by atoms with Crippen LogP contribution in [0.1, 0.15) is 171 Å². The van der Waals surface area contributed by atoms with Gasteiger partial charge in [-0.1, -0.05) is 130 Å². The summed E-state index contributed by atoms with van der Waals surface area (Å²) in [6.07, 6.45) is 0. The van der Waals surface area contributed by atoms with Crippen LogP contribution in [0.5, 0.6) is 0 Å². The van der Waals surface area contributed by atoms with Gasteiger partial charge < -0.3 is 4.42 Å². The first-order valence-electron chi connectivity index (χ1n) is 21.8. The SMILES string of the molecule is CC(C)c1cc(C(C)C)c2c(c1)C(C)c1c3c(cc4c5c6c(cc14)-c1c(sc4ccccc14)C=6c1c(C(C)C)cc(C(C)C)cc1C5C)-c1c(oc4ccccc14)C=32. The third-order valence-electron chi connectivity index (χ3n) is 14.5. The van der Waals surface area contributed by atoms with Crippen molar-refractivity contribution in [3.05, 3.63) is 162 Å². The molecule has 2 aromatic heterocycles. The zero-order valence-corrected chi connectivity index (χ0v) is 36.2. The van der Waals surface area contributed by atoms with Crippen LogP contribution in [0.15, 0.2) is 89.3 Å². The Bertz CT molecular complexity index is 3100. The number of rotatable bonds is 4. The molecule has 0 saturated carbocycles. The van der Waals surface area contributed by atoms with Crippen LogP contribution in [-0.4, -0.2) is 0 Å². The van der Waals surface area contributed by atoms with E-state index in [-0.39, 0.29) is 11.8 Å². The van der Waals surface area contributed by atoms with E-state index < -0.39 is 0 Å². The van der Waals surface area contributed by atoms with Crippen LogP contribution in [0.2, 0.25) is 0 Å². The first-order valence-corrected chi connectivity index (χ1v) is 22.6. The molecule has 0 radical (unpaired) electrons. The molecule has 0 N–H and O–H groups in total. The Labute approximate surface area is 345 Å². The molecule has 0 aliphatic heterocycles. The minimum atomic E-state index is 0.211. The van der Waals surface area contributed by atoms with E-state index in [1.54, 1.807) is 0 Å². The standard InChI is InChI=1S/C56H50OS/c1-25(2)31-19-35(27(5)6)47-37(21-31)29(9)45-40-24-42-50-34-16-12-14-18-44(34)58-56(50)54-48-36(28(7)8)20-32(26(3)4)22-38(48)30(10)46(52(42)54)39(40)23-41-49-33-15-11-13-17-43(33)57-55(49)53(47)51(41)45/h11-30H,1-10H3. The molecule has 4 aliphatic carbocycles. The van der Waals surface area contributed by atoms with E-state index in [1.165, 1.54) is 131 Å². The van der Waals surface area contributed by atoms with Gasteiger partial charge in [0.2, 0.25) is 0 Å². The summed E-state index contributed by atoms with van der Waals surface area (Å²) in [4.78, 5) is 1.46. The van der Waals surface area contributed by atoms with Crippen molar-refractivity contribution in [2.75, 3.05) is 0 Å².